The number of nitrogens with zero attached hydrogens (tertiary/aromatic N) is 1. The Labute approximate surface area is 138 Å². The number of methoxy groups -OCH3 is 1. The Balaban J connectivity index is 2.30. The van der Waals surface area contributed by atoms with E-state index in [0.29, 0.717) is 29.5 Å². The van der Waals surface area contributed by atoms with E-state index in [1.807, 2.05) is 0 Å². The zero-order valence-electron chi connectivity index (χ0n) is 13.4. The van der Waals surface area contributed by atoms with E-state index in [-0.39, 0.29) is 23.1 Å². The van der Waals surface area contributed by atoms with Crippen LogP contribution in [-0.4, -0.2) is 18.0 Å². The van der Waals surface area contributed by atoms with E-state index in [1.165, 1.54) is 32.4 Å². The van der Waals surface area contributed by atoms with Crippen molar-refractivity contribution in [3.05, 3.63) is 57.8 Å². The first-order valence-electron chi connectivity index (χ1n) is 7.63. The number of halogens is 1. The van der Waals surface area contributed by atoms with Crippen LogP contribution in [0.25, 0.3) is 11.1 Å². The van der Waals surface area contributed by atoms with Crippen molar-refractivity contribution in [3.63, 3.8) is 0 Å². The minimum absolute atomic E-state index is 0.188. The fraction of sp³-hybridized carbons (Fsp3) is 0.278. The topological polar surface area (TPSA) is 68.3 Å². The number of hydrogen-bond donors (Lipinski definition) is 1. The SMILES string of the molecule is COc1ccc2c(cc1=O)[C@@H](NC(C)=O)CCc1cnc(F)cc1-2. The van der Waals surface area contributed by atoms with Gasteiger partial charge in [0.15, 0.2) is 5.75 Å². The van der Waals surface area contributed by atoms with Crippen LogP contribution in [0, 0.1) is 5.95 Å². The fourth-order valence-electron chi connectivity index (χ4n) is 3.09. The third-order valence-electron chi connectivity index (χ3n) is 4.16. The summed E-state index contributed by atoms with van der Waals surface area (Å²) in [5, 5.41) is 2.87. The first-order chi connectivity index (χ1) is 11.5. The van der Waals surface area contributed by atoms with Crippen molar-refractivity contribution in [1.82, 2.24) is 10.3 Å². The molecule has 24 heavy (non-hydrogen) atoms. The molecule has 0 unspecified atom stereocenters. The summed E-state index contributed by atoms with van der Waals surface area (Å²) in [5.74, 6) is -0.577. The summed E-state index contributed by atoms with van der Waals surface area (Å²) in [4.78, 5) is 27.6. The number of pyridine rings is 1. The average Bonchev–Trinajstić information content (AvgIpc) is 2.77. The molecule has 0 spiro atoms. The van der Waals surface area contributed by atoms with Crippen molar-refractivity contribution in [1.29, 1.82) is 0 Å². The lowest BCUT2D eigenvalue weighted by molar-refractivity contribution is -0.119. The van der Waals surface area contributed by atoms with Crippen LogP contribution >= 0.6 is 0 Å². The third-order valence-corrected chi connectivity index (χ3v) is 4.16. The van der Waals surface area contributed by atoms with E-state index >= 15 is 0 Å². The maximum Gasteiger partial charge on any atom is 0.220 e. The molecule has 1 N–H and O–H groups in total. The molecule has 0 radical (unpaired) electrons. The fourth-order valence-corrected chi connectivity index (χ4v) is 3.09. The predicted octanol–water partition coefficient (Wildman–Crippen LogP) is 2.38. The number of amides is 1. The second-order valence-corrected chi connectivity index (χ2v) is 5.74. The molecule has 1 amide bonds. The zero-order chi connectivity index (χ0) is 17.3. The number of fused-ring (bicyclic) bond motifs is 3. The molecule has 0 saturated heterocycles. The molecule has 1 heterocycles. The summed E-state index contributed by atoms with van der Waals surface area (Å²) < 4.78 is 18.8. The monoisotopic (exact) mass is 328 g/mol. The van der Waals surface area contributed by atoms with E-state index in [1.54, 1.807) is 12.1 Å². The van der Waals surface area contributed by atoms with E-state index < -0.39 is 5.95 Å². The Hall–Kier alpha value is -2.76. The van der Waals surface area contributed by atoms with E-state index in [9.17, 15) is 14.0 Å². The Kier molecular flexibility index (Phi) is 4.29. The van der Waals surface area contributed by atoms with Gasteiger partial charge in [0.1, 0.15) is 0 Å². The predicted molar refractivity (Wildman–Crippen MR) is 87.3 cm³/mol. The van der Waals surface area contributed by atoms with Gasteiger partial charge >= 0.3 is 0 Å². The summed E-state index contributed by atoms with van der Waals surface area (Å²) in [7, 11) is 1.42. The van der Waals surface area contributed by atoms with Crippen molar-refractivity contribution < 1.29 is 13.9 Å². The number of nitrogens with one attached hydrogen (secondary N) is 1. The lowest BCUT2D eigenvalue weighted by Crippen LogP contribution is -2.26. The molecule has 0 bridgehead atoms. The number of aryl methyl sites for hydroxylation is 1. The Morgan fingerprint density at radius 3 is 2.83 bits per heavy atom. The molecule has 5 nitrogen and oxygen atoms in total. The lowest BCUT2D eigenvalue weighted by atomic mass is 9.98. The van der Waals surface area contributed by atoms with Gasteiger partial charge in [-0.2, -0.15) is 4.39 Å². The molecule has 0 saturated carbocycles. The summed E-state index contributed by atoms with van der Waals surface area (Å²) in [6.45, 7) is 1.43. The molecule has 1 aromatic heterocycles. The van der Waals surface area contributed by atoms with Gasteiger partial charge in [0, 0.05) is 19.2 Å². The van der Waals surface area contributed by atoms with E-state index in [0.717, 1.165) is 5.56 Å². The summed E-state index contributed by atoms with van der Waals surface area (Å²) in [5.41, 5.74) is 2.63. The Bertz CT molecular complexity index is 867. The van der Waals surface area contributed by atoms with Crippen LogP contribution in [0.15, 0.2) is 35.3 Å². The van der Waals surface area contributed by atoms with Crippen LogP contribution in [0.1, 0.15) is 30.5 Å². The van der Waals surface area contributed by atoms with Gasteiger partial charge in [-0.3, -0.25) is 9.59 Å². The average molecular weight is 328 g/mol. The Morgan fingerprint density at radius 2 is 2.12 bits per heavy atom. The van der Waals surface area contributed by atoms with Crippen molar-refractivity contribution in [2.45, 2.75) is 25.8 Å². The molecular formula is C18H17FN2O3. The number of ether oxygens (including phenoxy) is 1. The molecule has 124 valence electrons. The van der Waals surface area contributed by atoms with Crippen LogP contribution in [0.2, 0.25) is 0 Å². The van der Waals surface area contributed by atoms with Gasteiger partial charge in [-0.05, 0) is 47.2 Å². The Morgan fingerprint density at radius 1 is 1.33 bits per heavy atom. The first-order valence-corrected chi connectivity index (χ1v) is 7.63. The van der Waals surface area contributed by atoms with Crippen molar-refractivity contribution in [3.8, 4) is 16.9 Å². The molecule has 1 atom stereocenters. The number of carbonyl (C=O) groups excluding carboxylic acids is 1. The van der Waals surface area contributed by atoms with E-state index in [4.69, 9.17) is 4.74 Å². The highest BCUT2D eigenvalue weighted by molar-refractivity contribution is 5.76. The zero-order valence-corrected chi connectivity index (χ0v) is 13.4. The summed E-state index contributed by atoms with van der Waals surface area (Å²) in [6, 6.07) is 5.79. The standard InChI is InChI=1S/C18H17FN2O3/c1-10(22)21-15-5-3-11-9-20-18(19)8-13(11)12-4-6-17(24-2)16(23)7-14(12)15/h4,6-9,15H,3,5H2,1-2H3,(H,21,22)/t15-/m0/s1. The van der Waals surface area contributed by atoms with Gasteiger partial charge in [0.05, 0.1) is 13.2 Å². The minimum atomic E-state index is -0.585. The maximum atomic E-state index is 13.7. The largest absolute Gasteiger partial charge is 0.493 e. The van der Waals surface area contributed by atoms with Crippen molar-refractivity contribution in [2.75, 3.05) is 7.11 Å². The van der Waals surface area contributed by atoms with Gasteiger partial charge in [-0.15, -0.1) is 0 Å². The third kappa shape index (κ3) is 2.99. The summed E-state index contributed by atoms with van der Waals surface area (Å²) >= 11 is 0. The first kappa shape index (κ1) is 16.1. The molecule has 0 aliphatic heterocycles. The number of hydrogen-bond acceptors (Lipinski definition) is 4. The molecule has 1 aromatic carbocycles. The normalized spacial score (nSPS) is 15.7. The van der Waals surface area contributed by atoms with Gasteiger partial charge in [0.2, 0.25) is 17.3 Å². The van der Waals surface area contributed by atoms with E-state index in [2.05, 4.69) is 10.3 Å². The van der Waals surface area contributed by atoms with Gasteiger partial charge < -0.3 is 10.1 Å². The van der Waals surface area contributed by atoms with Crippen LogP contribution in [-0.2, 0) is 11.2 Å². The number of rotatable bonds is 2. The minimum Gasteiger partial charge on any atom is -0.493 e. The molecule has 1 aliphatic rings. The van der Waals surface area contributed by atoms with Crippen LogP contribution in [0.4, 0.5) is 4.39 Å². The number of aromatic nitrogens is 1. The second kappa shape index (κ2) is 6.39. The summed E-state index contributed by atoms with van der Waals surface area (Å²) in [6.07, 6.45) is 2.73. The van der Waals surface area contributed by atoms with Crippen LogP contribution in [0.5, 0.6) is 5.75 Å². The molecule has 1 aliphatic carbocycles. The molecule has 2 aromatic rings. The van der Waals surface area contributed by atoms with Gasteiger partial charge in [-0.1, -0.05) is 6.07 Å². The highest BCUT2D eigenvalue weighted by Crippen LogP contribution is 2.36. The number of carbonyl (C=O) groups is 1. The molecule has 3 rings (SSSR count). The molecule has 6 heteroatoms. The van der Waals surface area contributed by atoms with Crippen LogP contribution in [0.3, 0.4) is 0 Å². The molecular weight excluding hydrogens is 311 g/mol. The quantitative estimate of drug-likeness (QED) is 0.860. The maximum absolute atomic E-state index is 13.7. The van der Waals surface area contributed by atoms with Crippen molar-refractivity contribution in [2.24, 2.45) is 0 Å². The van der Waals surface area contributed by atoms with Gasteiger partial charge in [0.25, 0.3) is 0 Å². The highest BCUT2D eigenvalue weighted by atomic mass is 19.1. The van der Waals surface area contributed by atoms with Crippen LogP contribution < -0.4 is 15.5 Å². The highest BCUT2D eigenvalue weighted by Gasteiger charge is 2.24. The smallest absolute Gasteiger partial charge is 0.220 e. The van der Waals surface area contributed by atoms with Crippen molar-refractivity contribution >= 4 is 5.91 Å². The van der Waals surface area contributed by atoms with Gasteiger partial charge in [-0.25, -0.2) is 4.98 Å². The lowest BCUT2D eigenvalue weighted by Gasteiger charge is -2.17. The second-order valence-electron chi connectivity index (χ2n) is 5.74. The molecule has 0 fully saturated rings.